The molecule has 3 aliphatic heterocycles. The van der Waals surface area contributed by atoms with Crippen LogP contribution >= 0.6 is 0 Å². The van der Waals surface area contributed by atoms with Gasteiger partial charge in [0.25, 0.3) is 0 Å². The van der Waals surface area contributed by atoms with E-state index in [9.17, 15) is 19.2 Å². The van der Waals surface area contributed by atoms with Gasteiger partial charge in [-0.3, -0.25) is 24.1 Å². The Morgan fingerprint density at radius 2 is 1.88 bits per heavy atom. The molecular formula is C27H34FN7O7. The molecule has 2 saturated heterocycles. The summed E-state index contributed by atoms with van der Waals surface area (Å²) in [4.78, 5) is 57.4. The summed E-state index contributed by atoms with van der Waals surface area (Å²) in [6, 6.07) is 4.47. The molecule has 3 aliphatic rings. The number of ether oxygens (including phenoxy) is 3. The third-order valence-electron chi connectivity index (χ3n) is 7.49. The van der Waals surface area contributed by atoms with Gasteiger partial charge in [0, 0.05) is 58.5 Å². The average Bonchev–Trinajstić information content (AvgIpc) is 3.60. The number of esters is 1. The molecule has 1 aromatic carbocycles. The molecular weight excluding hydrogens is 553 g/mol. The maximum Gasteiger partial charge on any atom is 0.419 e. The molecule has 226 valence electrons. The number of carbonyl (C=O) groups excluding carboxylic acids is 4. The summed E-state index contributed by atoms with van der Waals surface area (Å²) in [6.45, 7) is 4.40. The topological polar surface area (TPSA) is 130 Å². The number of piperazine rings is 1. The number of cyclic esters (lactones) is 1. The molecule has 1 atom stereocenters. The van der Waals surface area contributed by atoms with E-state index in [1.165, 1.54) is 11.0 Å². The van der Waals surface area contributed by atoms with Gasteiger partial charge in [-0.25, -0.2) is 18.9 Å². The summed E-state index contributed by atoms with van der Waals surface area (Å²) in [5.41, 5.74) is 2.59. The maximum absolute atomic E-state index is 15.1. The van der Waals surface area contributed by atoms with Crippen LogP contribution in [0.5, 0.6) is 0 Å². The molecule has 5 rings (SSSR count). The fourth-order valence-electron chi connectivity index (χ4n) is 5.20. The normalized spacial score (nSPS) is 19.0. The van der Waals surface area contributed by atoms with Crippen LogP contribution in [0.1, 0.15) is 18.2 Å². The Hall–Kier alpha value is -4.24. The summed E-state index contributed by atoms with van der Waals surface area (Å²) in [5, 5.41) is 4.39. The van der Waals surface area contributed by atoms with Gasteiger partial charge < -0.3 is 24.0 Å². The van der Waals surface area contributed by atoms with Crippen molar-refractivity contribution in [1.29, 1.82) is 0 Å². The van der Waals surface area contributed by atoms with Crippen molar-refractivity contribution in [3.8, 4) is 0 Å². The van der Waals surface area contributed by atoms with E-state index in [0.717, 1.165) is 49.3 Å². The van der Waals surface area contributed by atoms with Crippen LogP contribution in [-0.4, -0.2) is 114 Å². The highest BCUT2D eigenvalue weighted by Crippen LogP contribution is 2.32. The number of fused-ring (bicyclic) bond motifs is 1. The van der Waals surface area contributed by atoms with Gasteiger partial charge in [-0.2, -0.15) is 5.10 Å². The molecule has 3 amide bonds. The second-order valence-corrected chi connectivity index (χ2v) is 10.6. The number of nitrogens with zero attached hydrogens (tertiary/aromatic N) is 7. The van der Waals surface area contributed by atoms with Crippen LogP contribution in [0.2, 0.25) is 0 Å². The number of hydrogen-bond donors (Lipinski definition) is 0. The van der Waals surface area contributed by atoms with Crippen molar-refractivity contribution < 1.29 is 37.8 Å². The van der Waals surface area contributed by atoms with Gasteiger partial charge in [0.2, 0.25) is 12.7 Å². The Morgan fingerprint density at radius 3 is 2.57 bits per heavy atom. The van der Waals surface area contributed by atoms with Crippen molar-refractivity contribution in [2.45, 2.75) is 26.1 Å². The number of carbonyl (C=O) groups is 4. The Labute approximate surface area is 242 Å². The number of anilines is 2. The van der Waals surface area contributed by atoms with E-state index in [-0.39, 0.29) is 25.3 Å². The number of imide groups is 1. The lowest BCUT2D eigenvalue weighted by atomic mass is 10.2. The molecule has 0 spiro atoms. The van der Waals surface area contributed by atoms with Gasteiger partial charge in [-0.1, -0.05) is 0 Å². The Bertz CT molecular complexity index is 1340. The minimum absolute atomic E-state index is 0.0194. The first kappa shape index (κ1) is 29.3. The molecule has 0 N–H and O–H groups in total. The molecule has 2 aromatic rings. The number of aryl methyl sites for hydroxylation is 1. The maximum atomic E-state index is 15.1. The van der Waals surface area contributed by atoms with E-state index in [2.05, 4.69) is 10.00 Å². The summed E-state index contributed by atoms with van der Waals surface area (Å²) >= 11 is 0. The molecule has 42 heavy (non-hydrogen) atoms. The lowest BCUT2D eigenvalue weighted by Crippen LogP contribution is -2.46. The first-order chi connectivity index (χ1) is 20.1. The molecule has 0 saturated carbocycles. The van der Waals surface area contributed by atoms with Crippen molar-refractivity contribution in [3.05, 3.63) is 41.5 Å². The highest BCUT2D eigenvalue weighted by molar-refractivity contribution is 5.92. The van der Waals surface area contributed by atoms with Crippen molar-refractivity contribution in [3.63, 3.8) is 0 Å². The molecule has 4 heterocycles. The van der Waals surface area contributed by atoms with Crippen LogP contribution in [0.15, 0.2) is 24.4 Å². The lowest BCUT2D eigenvalue weighted by Gasteiger charge is -2.31. The summed E-state index contributed by atoms with van der Waals surface area (Å²) in [6.07, 6.45) is -0.748. The minimum atomic E-state index is -1.04. The molecule has 2 fully saturated rings. The highest BCUT2D eigenvalue weighted by atomic mass is 19.1. The summed E-state index contributed by atoms with van der Waals surface area (Å²) in [5.74, 6) is -1.70. The summed E-state index contributed by atoms with van der Waals surface area (Å²) in [7, 11) is 3.84. The van der Waals surface area contributed by atoms with Crippen molar-refractivity contribution >= 4 is 35.4 Å². The second kappa shape index (κ2) is 12.3. The van der Waals surface area contributed by atoms with Gasteiger partial charge in [-0.15, -0.1) is 0 Å². The highest BCUT2D eigenvalue weighted by Gasteiger charge is 2.36. The van der Waals surface area contributed by atoms with Crippen molar-refractivity contribution in [1.82, 2.24) is 24.5 Å². The van der Waals surface area contributed by atoms with Crippen LogP contribution in [0.3, 0.4) is 0 Å². The quantitative estimate of drug-likeness (QED) is 0.326. The third-order valence-corrected chi connectivity index (χ3v) is 7.49. The first-order valence-corrected chi connectivity index (χ1v) is 13.6. The van der Waals surface area contributed by atoms with Gasteiger partial charge in [0.15, 0.2) is 0 Å². The largest absolute Gasteiger partial charge is 0.442 e. The number of benzene rings is 1. The Kier molecular flexibility index (Phi) is 8.59. The molecule has 0 aliphatic carbocycles. The van der Waals surface area contributed by atoms with Crippen LogP contribution < -0.4 is 9.80 Å². The van der Waals surface area contributed by atoms with Crippen LogP contribution in [0, 0.1) is 5.82 Å². The molecule has 1 aromatic heterocycles. The monoisotopic (exact) mass is 587 g/mol. The van der Waals surface area contributed by atoms with E-state index in [1.807, 2.05) is 30.1 Å². The van der Waals surface area contributed by atoms with Gasteiger partial charge >= 0.3 is 18.2 Å². The number of likely N-dealkylation sites (N-methyl/N-ethyl adjacent to an activating group) is 1. The molecule has 14 nitrogen and oxygen atoms in total. The van der Waals surface area contributed by atoms with Crippen LogP contribution in [-0.2, 0) is 43.9 Å². The molecule has 0 bridgehead atoms. The number of aromatic nitrogens is 2. The predicted molar refractivity (Wildman–Crippen MR) is 146 cm³/mol. The predicted octanol–water partition coefficient (Wildman–Crippen LogP) is 1.14. The SMILES string of the molecule is CC(=O)N(C[C@H]1CN(c2ccc(N3Cc4cn(C)nc4C3)c(F)c2)C(=O)O1)C(=O)OCOC(=O)CN1CCN(C)CC1. The van der Waals surface area contributed by atoms with Crippen LogP contribution in [0.25, 0.3) is 0 Å². The Morgan fingerprint density at radius 1 is 1.12 bits per heavy atom. The molecule has 0 unspecified atom stereocenters. The van der Waals surface area contributed by atoms with E-state index in [4.69, 9.17) is 14.2 Å². The zero-order valence-corrected chi connectivity index (χ0v) is 23.8. The third kappa shape index (κ3) is 6.62. The van der Waals surface area contributed by atoms with Crippen molar-refractivity contribution in [2.75, 3.05) is 69.5 Å². The average molecular weight is 588 g/mol. The molecule has 0 radical (unpaired) electrons. The standard InChI is InChI=1S/C27H34FN7O7/c1-18(36)34(26(38)41-17-40-25(37)16-32-8-6-30(2)7-9-32)13-21-14-35(27(39)42-21)20-4-5-24(22(28)10-20)33-12-19-11-31(3)29-23(19)15-33/h4-5,10-11,21H,6-9,12-17H2,1-3H3/t21-/m0/s1. The van der Waals surface area contributed by atoms with Crippen molar-refractivity contribution in [2.24, 2.45) is 7.05 Å². The fourth-order valence-corrected chi connectivity index (χ4v) is 5.20. The second-order valence-electron chi connectivity index (χ2n) is 10.6. The number of amides is 3. The fraction of sp³-hybridized carbons (Fsp3) is 0.519. The van der Waals surface area contributed by atoms with E-state index in [0.29, 0.717) is 18.8 Å². The minimum Gasteiger partial charge on any atom is -0.442 e. The summed E-state index contributed by atoms with van der Waals surface area (Å²) < 4.78 is 32.2. The zero-order chi connectivity index (χ0) is 30.0. The van der Waals surface area contributed by atoms with Gasteiger partial charge in [-0.05, 0) is 25.2 Å². The number of hydrogen-bond acceptors (Lipinski definition) is 11. The smallest absolute Gasteiger partial charge is 0.419 e. The van der Waals surface area contributed by atoms with Gasteiger partial charge in [0.05, 0.1) is 43.2 Å². The first-order valence-electron chi connectivity index (χ1n) is 13.6. The van der Waals surface area contributed by atoms with E-state index in [1.54, 1.807) is 16.8 Å². The number of halogens is 1. The Balaban J connectivity index is 1.11. The number of rotatable bonds is 8. The van der Waals surface area contributed by atoms with Crippen LogP contribution in [0.4, 0.5) is 25.4 Å². The van der Waals surface area contributed by atoms with Gasteiger partial charge in [0.1, 0.15) is 11.9 Å². The van der Waals surface area contributed by atoms with E-state index < -0.39 is 42.8 Å². The molecule has 15 heteroatoms. The zero-order valence-electron chi connectivity index (χ0n) is 23.8. The van der Waals surface area contributed by atoms with E-state index >= 15 is 4.39 Å². The lowest BCUT2D eigenvalue weighted by molar-refractivity contribution is -0.154.